The Kier molecular flexibility index (Phi) is 4.53. The predicted octanol–water partition coefficient (Wildman–Crippen LogP) is 3.36. The van der Waals surface area contributed by atoms with Gasteiger partial charge in [-0.05, 0) is 62.1 Å². The highest BCUT2D eigenvalue weighted by molar-refractivity contribution is 5.94. The smallest absolute Gasteiger partial charge is 0.271 e. The Balaban J connectivity index is 1.54. The fraction of sp³-hybridized carbons (Fsp3) is 0.294. The van der Waals surface area contributed by atoms with Crippen LogP contribution < -0.4 is 10.2 Å². The van der Waals surface area contributed by atoms with Gasteiger partial charge in [0.1, 0.15) is 11.5 Å². The molecule has 0 saturated heterocycles. The minimum absolute atomic E-state index is 0.268. The van der Waals surface area contributed by atoms with Gasteiger partial charge >= 0.3 is 0 Å². The third-order valence-electron chi connectivity index (χ3n) is 3.62. The summed E-state index contributed by atoms with van der Waals surface area (Å²) in [6, 6.07) is 10.6. The summed E-state index contributed by atoms with van der Waals surface area (Å²) in [5, 5.41) is 3.85. The van der Waals surface area contributed by atoms with E-state index in [-0.39, 0.29) is 5.91 Å². The van der Waals surface area contributed by atoms with Gasteiger partial charge in [-0.3, -0.25) is 4.79 Å². The van der Waals surface area contributed by atoms with Crippen LogP contribution in [-0.2, 0) is 0 Å². The van der Waals surface area contributed by atoms with E-state index in [4.69, 9.17) is 9.15 Å². The number of rotatable bonds is 5. The molecule has 1 fully saturated rings. The maximum absolute atomic E-state index is 11.9. The van der Waals surface area contributed by atoms with Crippen molar-refractivity contribution in [2.75, 3.05) is 0 Å². The average Bonchev–Trinajstić information content (AvgIpc) is 3.21. The van der Waals surface area contributed by atoms with Crippen LogP contribution in [0.3, 0.4) is 0 Å². The zero-order valence-electron chi connectivity index (χ0n) is 12.2. The van der Waals surface area contributed by atoms with Crippen LogP contribution in [0.25, 0.3) is 0 Å². The molecule has 0 aliphatic heterocycles. The van der Waals surface area contributed by atoms with Gasteiger partial charge in [-0.2, -0.15) is 5.10 Å². The van der Waals surface area contributed by atoms with E-state index in [0.717, 1.165) is 18.6 Å². The lowest BCUT2D eigenvalue weighted by Gasteiger charge is -2.12. The summed E-state index contributed by atoms with van der Waals surface area (Å²) in [7, 11) is 0. The number of furan rings is 1. The summed E-state index contributed by atoms with van der Waals surface area (Å²) in [6.07, 6.45) is 8.02. The lowest BCUT2D eigenvalue weighted by atomic mass is 10.2. The maximum Gasteiger partial charge on any atom is 0.271 e. The molecule has 114 valence electrons. The van der Waals surface area contributed by atoms with Gasteiger partial charge in [0.25, 0.3) is 5.91 Å². The standard InChI is InChI=1S/C17H18N2O3/c20-17(19-18-12-16-6-3-11-21-16)13-7-9-15(10-8-13)22-14-4-1-2-5-14/h3,6-12,14H,1-2,4-5H2,(H,19,20). The van der Waals surface area contributed by atoms with Gasteiger partial charge in [0, 0.05) is 5.56 Å². The zero-order chi connectivity index (χ0) is 15.2. The minimum Gasteiger partial charge on any atom is -0.490 e. The van der Waals surface area contributed by atoms with Crippen molar-refractivity contribution in [2.45, 2.75) is 31.8 Å². The van der Waals surface area contributed by atoms with E-state index < -0.39 is 0 Å². The first-order valence-corrected chi connectivity index (χ1v) is 7.45. The highest BCUT2D eigenvalue weighted by Gasteiger charge is 2.16. The second kappa shape index (κ2) is 6.93. The first-order chi connectivity index (χ1) is 10.8. The molecule has 3 rings (SSSR count). The van der Waals surface area contributed by atoms with Gasteiger partial charge in [0.2, 0.25) is 0 Å². The largest absolute Gasteiger partial charge is 0.490 e. The van der Waals surface area contributed by atoms with Gasteiger partial charge in [0.15, 0.2) is 0 Å². The van der Waals surface area contributed by atoms with E-state index in [1.54, 1.807) is 30.5 Å². The van der Waals surface area contributed by atoms with E-state index in [1.807, 2.05) is 12.1 Å². The fourth-order valence-corrected chi connectivity index (χ4v) is 2.47. The highest BCUT2D eigenvalue weighted by atomic mass is 16.5. The lowest BCUT2D eigenvalue weighted by Crippen LogP contribution is -2.17. The quantitative estimate of drug-likeness (QED) is 0.680. The number of hydrogen-bond acceptors (Lipinski definition) is 4. The van der Waals surface area contributed by atoms with Crippen LogP contribution >= 0.6 is 0 Å². The topological polar surface area (TPSA) is 63.8 Å². The molecular formula is C17H18N2O3. The molecule has 0 spiro atoms. The first-order valence-electron chi connectivity index (χ1n) is 7.45. The molecule has 1 aliphatic carbocycles. The molecule has 22 heavy (non-hydrogen) atoms. The summed E-state index contributed by atoms with van der Waals surface area (Å²) in [6.45, 7) is 0. The normalized spacial score (nSPS) is 15.3. The van der Waals surface area contributed by atoms with Gasteiger partial charge in [-0.25, -0.2) is 5.43 Å². The average molecular weight is 298 g/mol. The summed E-state index contributed by atoms with van der Waals surface area (Å²) in [5.41, 5.74) is 3.00. The van der Waals surface area contributed by atoms with E-state index in [0.29, 0.717) is 17.4 Å². The number of benzene rings is 1. The van der Waals surface area contributed by atoms with Crippen LogP contribution in [0.5, 0.6) is 5.75 Å². The number of nitrogens with one attached hydrogen (secondary N) is 1. The molecule has 1 amide bonds. The number of carbonyl (C=O) groups excluding carboxylic acids is 1. The summed E-state index contributed by atoms with van der Waals surface area (Å²) in [4.78, 5) is 11.9. The summed E-state index contributed by atoms with van der Waals surface area (Å²) < 4.78 is 10.9. The molecule has 1 aliphatic rings. The van der Waals surface area contributed by atoms with Crippen molar-refractivity contribution < 1.29 is 13.9 Å². The van der Waals surface area contributed by atoms with Crippen LogP contribution in [0.1, 0.15) is 41.8 Å². The van der Waals surface area contributed by atoms with Crippen molar-refractivity contribution >= 4 is 12.1 Å². The fourth-order valence-electron chi connectivity index (χ4n) is 2.47. The van der Waals surface area contributed by atoms with Crippen molar-refractivity contribution in [1.29, 1.82) is 0 Å². The van der Waals surface area contributed by atoms with E-state index >= 15 is 0 Å². The SMILES string of the molecule is O=C(NN=Cc1ccco1)c1ccc(OC2CCCC2)cc1. The van der Waals surface area contributed by atoms with Crippen molar-refractivity contribution in [1.82, 2.24) is 5.43 Å². The van der Waals surface area contributed by atoms with Crippen LogP contribution in [0.15, 0.2) is 52.2 Å². The van der Waals surface area contributed by atoms with Crippen molar-refractivity contribution in [2.24, 2.45) is 5.10 Å². The number of hydrogen-bond donors (Lipinski definition) is 1. The lowest BCUT2D eigenvalue weighted by molar-refractivity contribution is 0.0955. The number of amides is 1. The van der Waals surface area contributed by atoms with Gasteiger partial charge in [-0.15, -0.1) is 0 Å². The van der Waals surface area contributed by atoms with Crippen LogP contribution in [0, 0.1) is 0 Å². The second-order valence-corrected chi connectivity index (χ2v) is 5.26. The van der Waals surface area contributed by atoms with Crippen molar-refractivity contribution in [3.8, 4) is 5.75 Å². The molecule has 5 nitrogen and oxygen atoms in total. The highest BCUT2D eigenvalue weighted by Crippen LogP contribution is 2.24. The number of carbonyl (C=O) groups is 1. The molecule has 0 unspecified atom stereocenters. The van der Waals surface area contributed by atoms with Crippen molar-refractivity contribution in [3.63, 3.8) is 0 Å². The second-order valence-electron chi connectivity index (χ2n) is 5.26. The Hall–Kier alpha value is -2.56. The Bertz CT molecular complexity index is 626. The number of hydrazone groups is 1. The molecule has 1 aromatic carbocycles. The first kappa shape index (κ1) is 14.4. The molecule has 1 N–H and O–H groups in total. The Morgan fingerprint density at radius 2 is 2.00 bits per heavy atom. The van der Waals surface area contributed by atoms with Crippen LogP contribution in [-0.4, -0.2) is 18.2 Å². The molecule has 2 aromatic rings. The maximum atomic E-state index is 11.9. The van der Waals surface area contributed by atoms with Gasteiger partial charge < -0.3 is 9.15 Å². The molecule has 5 heteroatoms. The van der Waals surface area contributed by atoms with Gasteiger partial charge in [0.05, 0.1) is 18.6 Å². The Labute approximate surface area is 129 Å². The van der Waals surface area contributed by atoms with E-state index in [1.165, 1.54) is 19.1 Å². The molecule has 0 bridgehead atoms. The number of ether oxygens (including phenoxy) is 1. The third-order valence-corrected chi connectivity index (χ3v) is 3.62. The van der Waals surface area contributed by atoms with E-state index in [9.17, 15) is 4.79 Å². The minimum atomic E-state index is -0.268. The third kappa shape index (κ3) is 3.75. The Morgan fingerprint density at radius 3 is 2.68 bits per heavy atom. The van der Waals surface area contributed by atoms with Crippen LogP contribution in [0.4, 0.5) is 0 Å². The summed E-state index contributed by atoms with van der Waals surface area (Å²) in [5.74, 6) is 1.12. The Morgan fingerprint density at radius 1 is 1.23 bits per heavy atom. The zero-order valence-corrected chi connectivity index (χ0v) is 12.2. The molecule has 1 heterocycles. The van der Waals surface area contributed by atoms with E-state index in [2.05, 4.69) is 10.5 Å². The molecule has 0 atom stereocenters. The van der Waals surface area contributed by atoms with Crippen molar-refractivity contribution in [3.05, 3.63) is 54.0 Å². The van der Waals surface area contributed by atoms with Gasteiger partial charge in [-0.1, -0.05) is 0 Å². The molecular weight excluding hydrogens is 280 g/mol. The molecule has 0 radical (unpaired) electrons. The molecule has 1 saturated carbocycles. The van der Waals surface area contributed by atoms with Crippen LogP contribution in [0.2, 0.25) is 0 Å². The summed E-state index contributed by atoms with van der Waals surface area (Å²) >= 11 is 0. The molecule has 1 aromatic heterocycles. The predicted molar refractivity (Wildman–Crippen MR) is 83.1 cm³/mol. The monoisotopic (exact) mass is 298 g/mol. The number of nitrogens with zero attached hydrogens (tertiary/aromatic N) is 1.